The van der Waals surface area contributed by atoms with Crippen LogP contribution in [-0.2, 0) is 0 Å². The van der Waals surface area contributed by atoms with E-state index < -0.39 is 7.40 Å². The molecule has 0 rings (SSSR count). The zero-order valence-electron chi connectivity index (χ0n) is 3.77. The molecule has 0 aliphatic heterocycles. The van der Waals surface area contributed by atoms with Gasteiger partial charge in [-0.05, 0) is 0 Å². The topological polar surface area (TPSA) is 46.1 Å². The van der Waals surface area contributed by atoms with Crippen molar-refractivity contribution < 1.29 is 17.2 Å². The third-order valence-electron chi connectivity index (χ3n) is 0. The molecular formula is H2BFO2. The Balaban J connectivity index is -0.0000000450. The molecule has 0 saturated carbocycles. The molecule has 4 heteroatoms. The van der Waals surface area contributed by atoms with Gasteiger partial charge in [-0.1, -0.05) is 0 Å². The Morgan fingerprint density at radius 1 is 1.75 bits per heavy atom. The van der Waals surface area contributed by atoms with E-state index in [1.165, 1.54) is 0 Å². The molecule has 0 aromatic rings. The van der Waals surface area contributed by atoms with Gasteiger partial charge in [-0.2, -0.15) is 0 Å². The minimum absolute atomic E-state index is 0. The van der Waals surface area contributed by atoms with E-state index in [4.69, 9.17) is 10.0 Å². The Kier molecular flexibility index (Phi) is 1.23. The molecule has 2 nitrogen and oxygen atoms in total. The largest absolute Gasteiger partial charge is 1.00 e. The normalized spacial score (nSPS) is 6.75. The van der Waals surface area contributed by atoms with Crippen molar-refractivity contribution in [1.29, 1.82) is 0 Å². The molecule has 0 aliphatic rings. The van der Waals surface area contributed by atoms with Gasteiger partial charge in [-0.3, -0.25) is 0 Å². The van der Waals surface area contributed by atoms with Crippen LogP contribution in [0.4, 0.5) is 4.32 Å². The van der Waals surface area contributed by atoms with Crippen LogP contribution in [0.25, 0.3) is 0 Å². The Labute approximate surface area is 26.0 Å². The molecule has 24 valence electrons. The lowest BCUT2D eigenvalue weighted by Gasteiger charge is -2.09. The maximum Gasteiger partial charge on any atom is 1.00 e. The Bertz CT molecular complexity index is 16.3. The summed E-state index contributed by atoms with van der Waals surface area (Å²) in [5, 5.41) is 16.6. The zero-order chi connectivity index (χ0) is 3.58. The second-order valence-corrected chi connectivity index (χ2v) is 0.274. The lowest BCUT2D eigenvalue weighted by molar-refractivity contribution is -0.366. The van der Waals surface area contributed by atoms with Crippen LogP contribution in [0.3, 0.4) is 0 Å². The van der Waals surface area contributed by atoms with Crippen molar-refractivity contribution in [3.05, 3.63) is 0 Å². The summed E-state index contributed by atoms with van der Waals surface area (Å²) in [7, 11) is -3.17. The molecule has 0 radical (unpaired) electrons. The van der Waals surface area contributed by atoms with E-state index in [9.17, 15) is 4.32 Å². The van der Waals surface area contributed by atoms with E-state index in [0.29, 0.717) is 0 Å². The van der Waals surface area contributed by atoms with Crippen molar-refractivity contribution in [2.24, 2.45) is 0 Å². The smallest absolute Gasteiger partial charge is 0.867 e. The fourth-order valence-electron chi connectivity index (χ4n) is 0. The first-order chi connectivity index (χ1) is 1.73. The van der Waals surface area contributed by atoms with Crippen molar-refractivity contribution in [3.63, 3.8) is 0 Å². The number of rotatable bonds is 0. The van der Waals surface area contributed by atoms with Crippen LogP contribution in [0.1, 0.15) is 2.85 Å². The molecule has 0 aromatic carbocycles. The standard InChI is InChI=1S/BFO2/c2-1(3)4/q-2/p+2. The lowest BCUT2D eigenvalue weighted by atomic mass is 10.3. The molecular weight excluding hydrogens is 61.8 g/mol. The van der Waals surface area contributed by atoms with Gasteiger partial charge in [-0.25, -0.2) is 0 Å². The molecule has 0 amide bonds. The van der Waals surface area contributed by atoms with Gasteiger partial charge in [0.05, 0.1) is 0 Å². The lowest BCUT2D eigenvalue weighted by Crippen LogP contribution is -2.39. The summed E-state index contributed by atoms with van der Waals surface area (Å²) in [5.41, 5.74) is 0. The van der Waals surface area contributed by atoms with Gasteiger partial charge in [0.1, 0.15) is 7.40 Å². The summed E-state index contributed by atoms with van der Waals surface area (Å²) >= 11 is 0. The van der Waals surface area contributed by atoms with Crippen molar-refractivity contribution in [3.8, 4) is 0 Å². The average Bonchev–Trinajstić information content (AvgIpc) is 0.811. The van der Waals surface area contributed by atoms with Gasteiger partial charge in [-0.15, -0.1) is 0 Å². The molecule has 0 fully saturated rings. The van der Waals surface area contributed by atoms with Crippen LogP contribution in [0.5, 0.6) is 0 Å². The highest BCUT2D eigenvalue weighted by Gasteiger charge is 1.50. The molecule has 0 heterocycles. The molecule has 0 N–H and O–H groups in total. The average molecular weight is 63.8 g/mol. The van der Waals surface area contributed by atoms with Crippen molar-refractivity contribution in [1.82, 2.24) is 0 Å². The van der Waals surface area contributed by atoms with E-state index >= 15 is 0 Å². The summed E-state index contributed by atoms with van der Waals surface area (Å²) < 4.78 is 9.89. The van der Waals surface area contributed by atoms with Gasteiger partial charge in [0, 0.05) is 0 Å². The van der Waals surface area contributed by atoms with E-state index in [2.05, 4.69) is 0 Å². The van der Waals surface area contributed by atoms with Crippen molar-refractivity contribution in [2.75, 3.05) is 0 Å². The summed E-state index contributed by atoms with van der Waals surface area (Å²) in [4.78, 5) is 0. The molecule has 0 aliphatic carbocycles. The second-order valence-electron chi connectivity index (χ2n) is 0.274. The summed E-state index contributed by atoms with van der Waals surface area (Å²) in [5.74, 6) is 0. The van der Waals surface area contributed by atoms with E-state index in [-0.39, 0.29) is 2.85 Å². The van der Waals surface area contributed by atoms with Gasteiger partial charge in [0.2, 0.25) is 0 Å². The number of hydrogen-bond acceptors (Lipinski definition) is 2. The van der Waals surface area contributed by atoms with Gasteiger partial charge in [0.15, 0.2) is 0 Å². The molecule has 0 atom stereocenters. The fraction of sp³-hybridized carbons (Fsp3) is 0. The van der Waals surface area contributed by atoms with Crippen molar-refractivity contribution in [2.45, 2.75) is 0 Å². The predicted octanol–water partition coefficient (Wildman–Crippen LogP) is -2.11. The predicted molar refractivity (Wildman–Crippen MR) is 9.09 cm³/mol. The van der Waals surface area contributed by atoms with Gasteiger partial charge in [0.25, 0.3) is 0 Å². The number of halogens is 1. The quantitative estimate of drug-likeness (QED) is 0.302. The van der Waals surface area contributed by atoms with Crippen LogP contribution in [0, 0.1) is 0 Å². The van der Waals surface area contributed by atoms with Gasteiger partial charge < -0.3 is 14.4 Å². The third kappa shape index (κ3) is 222. The Morgan fingerprint density at radius 2 is 1.75 bits per heavy atom. The first kappa shape index (κ1) is 3.91. The van der Waals surface area contributed by atoms with E-state index in [0.717, 1.165) is 0 Å². The highest BCUT2D eigenvalue weighted by Crippen LogP contribution is 1.41. The second kappa shape index (κ2) is 1.26. The fourth-order valence-corrected chi connectivity index (χ4v) is 0. The zero-order valence-corrected chi connectivity index (χ0v) is 1.77. The molecule has 0 saturated heterocycles. The monoisotopic (exact) mass is 64.0 g/mol. The van der Waals surface area contributed by atoms with E-state index in [1.807, 2.05) is 0 Å². The molecule has 0 unspecified atom stereocenters. The van der Waals surface area contributed by atoms with Crippen LogP contribution in [0.15, 0.2) is 0 Å². The summed E-state index contributed by atoms with van der Waals surface area (Å²) in [6.45, 7) is 0. The van der Waals surface area contributed by atoms with Crippen LogP contribution < -0.4 is 10.0 Å². The minimum atomic E-state index is -3.17. The maximum atomic E-state index is 9.89. The first-order valence-electron chi connectivity index (χ1n) is 0.690. The highest BCUT2D eigenvalue weighted by molar-refractivity contribution is 6.27. The Hall–Kier alpha value is -0.0851. The molecule has 0 aromatic heterocycles. The van der Waals surface area contributed by atoms with E-state index in [1.54, 1.807) is 0 Å². The summed E-state index contributed by atoms with van der Waals surface area (Å²) in [6, 6.07) is 0. The molecule has 4 heavy (non-hydrogen) atoms. The van der Waals surface area contributed by atoms with Crippen LogP contribution >= 0.6 is 0 Å². The first-order valence-corrected chi connectivity index (χ1v) is 0.690. The molecule has 0 spiro atoms. The molecule has 0 bridgehead atoms. The maximum absolute atomic E-state index is 9.89. The summed E-state index contributed by atoms with van der Waals surface area (Å²) in [6.07, 6.45) is 0. The van der Waals surface area contributed by atoms with Crippen LogP contribution in [-0.4, -0.2) is 7.40 Å². The highest BCUT2D eigenvalue weighted by atomic mass is 19.1. The van der Waals surface area contributed by atoms with Crippen molar-refractivity contribution >= 4 is 7.40 Å². The SMILES string of the molecule is [H+].[H+].[O-]B([O-])F. The van der Waals surface area contributed by atoms with Crippen LogP contribution in [0.2, 0.25) is 0 Å². The number of hydrogen-bond donors (Lipinski definition) is 0. The Morgan fingerprint density at radius 3 is 1.75 bits per heavy atom. The third-order valence-corrected chi connectivity index (χ3v) is 0. The minimum Gasteiger partial charge on any atom is -0.867 e. The van der Waals surface area contributed by atoms with Gasteiger partial charge >= 0.3 is 2.85 Å².